The van der Waals surface area contributed by atoms with Crippen LogP contribution in [0.3, 0.4) is 0 Å². The standard InChI is InChI=1S/C14H16N2O4/c1-9(17)15-5-4-13(18)16-7-11-3-2-10(14(19)20)6-12(11)8-16/h2-3,6H,4-5,7-8H2,1H3,(H,15,17)(H,19,20). The average molecular weight is 276 g/mol. The molecule has 2 rings (SSSR count). The molecule has 0 spiro atoms. The molecule has 6 nitrogen and oxygen atoms in total. The van der Waals surface area contributed by atoms with Crippen molar-refractivity contribution in [1.29, 1.82) is 0 Å². The molecule has 1 heterocycles. The van der Waals surface area contributed by atoms with E-state index in [2.05, 4.69) is 5.32 Å². The molecular formula is C14H16N2O4. The molecule has 1 aromatic carbocycles. The van der Waals surface area contributed by atoms with Gasteiger partial charge in [0.25, 0.3) is 0 Å². The Morgan fingerprint density at radius 1 is 1.25 bits per heavy atom. The number of amides is 2. The van der Waals surface area contributed by atoms with Gasteiger partial charge >= 0.3 is 5.97 Å². The number of hydrogen-bond acceptors (Lipinski definition) is 3. The molecule has 0 bridgehead atoms. The summed E-state index contributed by atoms with van der Waals surface area (Å²) in [5.41, 5.74) is 2.08. The van der Waals surface area contributed by atoms with Crippen molar-refractivity contribution in [2.45, 2.75) is 26.4 Å². The first kappa shape index (κ1) is 14.0. The van der Waals surface area contributed by atoms with E-state index in [4.69, 9.17) is 5.11 Å². The predicted octanol–water partition coefficient (Wildman–Crippen LogP) is 0.753. The summed E-state index contributed by atoms with van der Waals surface area (Å²) in [7, 11) is 0. The summed E-state index contributed by atoms with van der Waals surface area (Å²) in [6.07, 6.45) is 0.249. The van der Waals surface area contributed by atoms with Crippen LogP contribution in [0.15, 0.2) is 18.2 Å². The third-order valence-electron chi connectivity index (χ3n) is 3.24. The fourth-order valence-electron chi connectivity index (χ4n) is 2.21. The lowest BCUT2D eigenvalue weighted by atomic mass is 10.1. The maximum absolute atomic E-state index is 12.0. The quantitative estimate of drug-likeness (QED) is 0.849. The van der Waals surface area contributed by atoms with Crippen molar-refractivity contribution in [2.75, 3.05) is 6.54 Å². The molecule has 0 aliphatic carbocycles. The monoisotopic (exact) mass is 276 g/mol. The van der Waals surface area contributed by atoms with E-state index in [0.29, 0.717) is 19.6 Å². The van der Waals surface area contributed by atoms with Crippen LogP contribution in [0.5, 0.6) is 0 Å². The van der Waals surface area contributed by atoms with E-state index in [9.17, 15) is 14.4 Å². The van der Waals surface area contributed by atoms with Gasteiger partial charge in [0.2, 0.25) is 11.8 Å². The highest BCUT2D eigenvalue weighted by atomic mass is 16.4. The highest BCUT2D eigenvalue weighted by Crippen LogP contribution is 2.24. The van der Waals surface area contributed by atoms with Crippen molar-refractivity contribution in [3.63, 3.8) is 0 Å². The number of fused-ring (bicyclic) bond motifs is 1. The van der Waals surface area contributed by atoms with Gasteiger partial charge in [-0.15, -0.1) is 0 Å². The highest BCUT2D eigenvalue weighted by Gasteiger charge is 2.23. The van der Waals surface area contributed by atoms with E-state index in [1.807, 2.05) is 0 Å². The first-order valence-corrected chi connectivity index (χ1v) is 6.34. The minimum atomic E-state index is -0.969. The van der Waals surface area contributed by atoms with Crippen LogP contribution < -0.4 is 5.32 Å². The molecule has 0 saturated heterocycles. The molecule has 6 heteroatoms. The third kappa shape index (κ3) is 3.14. The Morgan fingerprint density at radius 2 is 1.95 bits per heavy atom. The summed E-state index contributed by atoms with van der Waals surface area (Å²) in [6.45, 7) is 2.65. The lowest BCUT2D eigenvalue weighted by Crippen LogP contribution is -2.30. The average Bonchev–Trinajstić information content (AvgIpc) is 2.80. The van der Waals surface area contributed by atoms with Crippen LogP contribution >= 0.6 is 0 Å². The molecule has 1 aromatic rings. The second-order valence-electron chi connectivity index (χ2n) is 4.77. The van der Waals surface area contributed by atoms with Gasteiger partial charge < -0.3 is 15.3 Å². The lowest BCUT2D eigenvalue weighted by molar-refractivity contribution is -0.131. The summed E-state index contributed by atoms with van der Waals surface area (Å²) < 4.78 is 0. The number of carbonyl (C=O) groups excluding carboxylic acids is 2. The Labute approximate surface area is 116 Å². The zero-order valence-corrected chi connectivity index (χ0v) is 11.2. The molecule has 0 aromatic heterocycles. The van der Waals surface area contributed by atoms with E-state index in [-0.39, 0.29) is 23.8 Å². The molecular weight excluding hydrogens is 260 g/mol. The molecule has 0 saturated carbocycles. The number of hydrogen-bond donors (Lipinski definition) is 2. The van der Waals surface area contributed by atoms with Crippen LogP contribution in [-0.4, -0.2) is 34.3 Å². The predicted molar refractivity (Wildman–Crippen MR) is 71.0 cm³/mol. The normalized spacial score (nSPS) is 12.9. The SMILES string of the molecule is CC(=O)NCCC(=O)N1Cc2ccc(C(=O)O)cc2C1. The topological polar surface area (TPSA) is 86.7 Å². The first-order valence-electron chi connectivity index (χ1n) is 6.34. The van der Waals surface area contributed by atoms with Crippen LogP contribution in [0.2, 0.25) is 0 Å². The smallest absolute Gasteiger partial charge is 0.335 e. The molecule has 0 unspecified atom stereocenters. The summed E-state index contributed by atoms with van der Waals surface area (Å²) >= 11 is 0. The molecule has 2 amide bonds. The number of nitrogens with zero attached hydrogens (tertiary/aromatic N) is 1. The Hall–Kier alpha value is -2.37. The number of carboxylic acid groups (broad SMARTS) is 1. The third-order valence-corrected chi connectivity index (χ3v) is 3.24. The van der Waals surface area contributed by atoms with Crippen molar-refractivity contribution < 1.29 is 19.5 Å². The molecule has 1 aliphatic heterocycles. The molecule has 20 heavy (non-hydrogen) atoms. The fourth-order valence-corrected chi connectivity index (χ4v) is 2.21. The van der Waals surface area contributed by atoms with Crippen LogP contribution in [0.1, 0.15) is 34.8 Å². The van der Waals surface area contributed by atoms with E-state index in [1.54, 1.807) is 23.1 Å². The van der Waals surface area contributed by atoms with Crippen molar-refractivity contribution in [3.8, 4) is 0 Å². The zero-order valence-electron chi connectivity index (χ0n) is 11.2. The van der Waals surface area contributed by atoms with Gasteiger partial charge in [-0.05, 0) is 23.3 Å². The second kappa shape index (κ2) is 5.73. The summed E-state index contributed by atoms with van der Waals surface area (Å²) in [6, 6.07) is 4.91. The molecule has 0 atom stereocenters. The van der Waals surface area contributed by atoms with E-state index >= 15 is 0 Å². The van der Waals surface area contributed by atoms with Crippen molar-refractivity contribution in [3.05, 3.63) is 34.9 Å². The number of benzene rings is 1. The molecule has 0 fully saturated rings. The fraction of sp³-hybridized carbons (Fsp3) is 0.357. The number of rotatable bonds is 4. The molecule has 106 valence electrons. The number of aromatic carboxylic acids is 1. The van der Waals surface area contributed by atoms with Crippen molar-refractivity contribution >= 4 is 17.8 Å². The Balaban J connectivity index is 1.96. The van der Waals surface area contributed by atoms with E-state index < -0.39 is 5.97 Å². The zero-order chi connectivity index (χ0) is 14.7. The maximum Gasteiger partial charge on any atom is 0.335 e. The summed E-state index contributed by atoms with van der Waals surface area (Å²) in [5, 5.41) is 11.5. The Bertz CT molecular complexity index is 568. The van der Waals surface area contributed by atoms with Gasteiger partial charge in [0.05, 0.1) is 5.56 Å². The summed E-state index contributed by atoms with van der Waals surface area (Å²) in [4.78, 5) is 35.3. The van der Waals surface area contributed by atoms with Crippen LogP contribution in [0.4, 0.5) is 0 Å². The van der Waals surface area contributed by atoms with Crippen molar-refractivity contribution in [1.82, 2.24) is 10.2 Å². The lowest BCUT2D eigenvalue weighted by Gasteiger charge is -2.15. The van der Waals surface area contributed by atoms with Gasteiger partial charge in [-0.1, -0.05) is 6.07 Å². The number of carboxylic acids is 1. The van der Waals surface area contributed by atoms with Gasteiger partial charge in [0, 0.05) is 33.0 Å². The first-order chi connectivity index (χ1) is 9.47. The van der Waals surface area contributed by atoms with Crippen LogP contribution in [0.25, 0.3) is 0 Å². The number of nitrogens with one attached hydrogen (secondary N) is 1. The second-order valence-corrected chi connectivity index (χ2v) is 4.77. The highest BCUT2D eigenvalue weighted by molar-refractivity contribution is 5.88. The largest absolute Gasteiger partial charge is 0.478 e. The molecule has 2 N–H and O–H groups in total. The molecule has 1 aliphatic rings. The summed E-state index contributed by atoms with van der Waals surface area (Å²) in [5.74, 6) is -1.18. The maximum atomic E-state index is 12.0. The Morgan fingerprint density at radius 3 is 2.60 bits per heavy atom. The Kier molecular flexibility index (Phi) is 4.02. The van der Waals surface area contributed by atoms with Crippen molar-refractivity contribution in [2.24, 2.45) is 0 Å². The minimum Gasteiger partial charge on any atom is -0.478 e. The van der Waals surface area contributed by atoms with Crippen LogP contribution in [-0.2, 0) is 22.7 Å². The van der Waals surface area contributed by atoms with Gasteiger partial charge in [0.15, 0.2) is 0 Å². The van der Waals surface area contributed by atoms with Gasteiger partial charge in [0.1, 0.15) is 0 Å². The van der Waals surface area contributed by atoms with Crippen LogP contribution in [0, 0.1) is 0 Å². The molecule has 0 radical (unpaired) electrons. The minimum absolute atomic E-state index is 0.0492. The van der Waals surface area contributed by atoms with E-state index in [1.165, 1.54) is 6.92 Å². The van der Waals surface area contributed by atoms with Gasteiger partial charge in [-0.25, -0.2) is 4.79 Å². The van der Waals surface area contributed by atoms with E-state index in [0.717, 1.165) is 11.1 Å². The number of carbonyl (C=O) groups is 3. The van der Waals surface area contributed by atoms with Gasteiger partial charge in [-0.3, -0.25) is 9.59 Å². The van der Waals surface area contributed by atoms with Gasteiger partial charge in [-0.2, -0.15) is 0 Å².